The number of anilines is 2. The van der Waals surface area contributed by atoms with Crippen molar-refractivity contribution in [2.75, 3.05) is 10.6 Å². The average Bonchev–Trinajstić information content (AvgIpc) is 2.48. The summed E-state index contributed by atoms with van der Waals surface area (Å²) in [5.41, 5.74) is 1.82. The fraction of sp³-hybridized carbons (Fsp3) is 0.176. The average molecular weight is 300 g/mol. The lowest BCUT2D eigenvalue weighted by Crippen LogP contribution is -2.13. The number of hydrogen-bond donors (Lipinski definition) is 2. The largest absolute Gasteiger partial charge is 0.326 e. The van der Waals surface area contributed by atoms with E-state index in [4.69, 9.17) is 0 Å². The molecular formula is C17H17FN2O2. The number of benzene rings is 2. The minimum atomic E-state index is -0.296. The highest BCUT2D eigenvalue weighted by Crippen LogP contribution is 2.14. The van der Waals surface area contributed by atoms with Gasteiger partial charge in [-0.15, -0.1) is 0 Å². The van der Waals surface area contributed by atoms with Crippen LogP contribution in [0.4, 0.5) is 15.8 Å². The number of halogens is 1. The van der Waals surface area contributed by atoms with E-state index < -0.39 is 0 Å². The first-order valence-corrected chi connectivity index (χ1v) is 6.95. The fourth-order valence-electron chi connectivity index (χ4n) is 2.01. The molecule has 0 fully saturated rings. The Morgan fingerprint density at radius 2 is 1.55 bits per heavy atom. The lowest BCUT2D eigenvalue weighted by atomic mass is 10.1. The van der Waals surface area contributed by atoms with Crippen LogP contribution in [0.3, 0.4) is 0 Å². The van der Waals surface area contributed by atoms with E-state index in [1.165, 1.54) is 13.0 Å². The normalized spacial score (nSPS) is 10.1. The topological polar surface area (TPSA) is 58.2 Å². The van der Waals surface area contributed by atoms with Crippen LogP contribution in [0.2, 0.25) is 0 Å². The molecule has 0 unspecified atom stereocenters. The van der Waals surface area contributed by atoms with Crippen molar-refractivity contribution in [3.63, 3.8) is 0 Å². The molecule has 0 aliphatic heterocycles. The monoisotopic (exact) mass is 300 g/mol. The maximum absolute atomic E-state index is 13.4. The van der Waals surface area contributed by atoms with Gasteiger partial charge >= 0.3 is 0 Å². The predicted octanol–water partition coefficient (Wildman–Crippen LogP) is 3.36. The molecule has 2 aromatic rings. The summed E-state index contributed by atoms with van der Waals surface area (Å²) >= 11 is 0. The second-order valence-electron chi connectivity index (χ2n) is 4.90. The van der Waals surface area contributed by atoms with Gasteiger partial charge in [0, 0.05) is 24.7 Å². The third-order valence-corrected chi connectivity index (χ3v) is 3.07. The molecule has 22 heavy (non-hydrogen) atoms. The van der Waals surface area contributed by atoms with E-state index in [1.54, 1.807) is 42.5 Å². The summed E-state index contributed by atoms with van der Waals surface area (Å²) in [4.78, 5) is 22.8. The van der Waals surface area contributed by atoms with E-state index in [9.17, 15) is 14.0 Å². The number of hydrogen-bond acceptors (Lipinski definition) is 2. The Kier molecular flexibility index (Phi) is 5.25. The number of rotatable bonds is 5. The molecule has 0 heterocycles. The Morgan fingerprint density at radius 1 is 0.955 bits per heavy atom. The molecule has 2 rings (SSSR count). The lowest BCUT2D eigenvalue weighted by Gasteiger charge is -2.07. The van der Waals surface area contributed by atoms with Crippen molar-refractivity contribution >= 4 is 23.2 Å². The minimum absolute atomic E-state index is 0.151. The third kappa shape index (κ3) is 4.70. The van der Waals surface area contributed by atoms with Crippen molar-refractivity contribution in [1.29, 1.82) is 0 Å². The maximum Gasteiger partial charge on any atom is 0.224 e. The van der Waals surface area contributed by atoms with Crippen LogP contribution in [-0.2, 0) is 16.0 Å². The van der Waals surface area contributed by atoms with Crippen molar-refractivity contribution < 1.29 is 14.0 Å². The van der Waals surface area contributed by atoms with Crippen molar-refractivity contribution in [1.82, 2.24) is 0 Å². The molecule has 0 bridgehead atoms. The number of amides is 2. The van der Waals surface area contributed by atoms with Gasteiger partial charge < -0.3 is 10.6 Å². The van der Waals surface area contributed by atoms with E-state index in [2.05, 4.69) is 10.6 Å². The Morgan fingerprint density at radius 3 is 2.14 bits per heavy atom. The molecule has 0 aliphatic carbocycles. The van der Waals surface area contributed by atoms with Crippen LogP contribution in [0.5, 0.6) is 0 Å². The summed E-state index contributed by atoms with van der Waals surface area (Å²) in [6.45, 7) is 1.43. The molecule has 0 radical (unpaired) electrons. The molecule has 0 spiro atoms. The van der Waals surface area contributed by atoms with Crippen LogP contribution >= 0.6 is 0 Å². The molecule has 5 heteroatoms. The second-order valence-corrected chi connectivity index (χ2v) is 4.90. The Labute approximate surface area is 128 Å². The smallest absolute Gasteiger partial charge is 0.224 e. The lowest BCUT2D eigenvalue weighted by molar-refractivity contribution is -0.116. The number of carbonyl (C=O) groups is 2. The van der Waals surface area contributed by atoms with E-state index in [0.717, 1.165) is 0 Å². The molecule has 114 valence electrons. The molecule has 0 saturated carbocycles. The standard InChI is InChI=1S/C17H17FN2O2/c1-12(21)19-14-7-9-15(10-8-14)20-17(22)11-6-13-4-2-3-5-16(13)18/h2-5,7-10H,6,11H2,1H3,(H,19,21)(H,20,22). The summed E-state index contributed by atoms with van der Waals surface area (Å²) in [7, 11) is 0. The first-order valence-electron chi connectivity index (χ1n) is 6.95. The summed E-state index contributed by atoms with van der Waals surface area (Å²) < 4.78 is 13.4. The quantitative estimate of drug-likeness (QED) is 0.889. The number of aryl methyl sites for hydroxylation is 1. The van der Waals surface area contributed by atoms with Crippen molar-refractivity contribution in [3.05, 3.63) is 59.9 Å². The van der Waals surface area contributed by atoms with Gasteiger partial charge in [0.1, 0.15) is 5.82 Å². The molecule has 0 saturated heterocycles. The molecule has 2 N–H and O–H groups in total. The van der Waals surface area contributed by atoms with Gasteiger partial charge in [-0.05, 0) is 42.3 Å². The van der Waals surface area contributed by atoms with Gasteiger partial charge in [-0.25, -0.2) is 4.39 Å². The zero-order valence-electron chi connectivity index (χ0n) is 12.2. The van der Waals surface area contributed by atoms with Gasteiger partial charge in [0.25, 0.3) is 0 Å². The van der Waals surface area contributed by atoms with E-state index >= 15 is 0 Å². The summed E-state index contributed by atoms with van der Waals surface area (Å²) in [6, 6.07) is 13.2. The third-order valence-electron chi connectivity index (χ3n) is 3.07. The fourth-order valence-corrected chi connectivity index (χ4v) is 2.01. The van der Waals surface area contributed by atoms with E-state index in [1.807, 2.05) is 0 Å². The van der Waals surface area contributed by atoms with Crippen molar-refractivity contribution in [2.45, 2.75) is 19.8 Å². The Hall–Kier alpha value is -2.69. The molecule has 0 atom stereocenters. The zero-order valence-corrected chi connectivity index (χ0v) is 12.2. The molecule has 4 nitrogen and oxygen atoms in total. The number of carbonyl (C=O) groups excluding carboxylic acids is 2. The van der Waals surface area contributed by atoms with Gasteiger partial charge in [-0.1, -0.05) is 18.2 Å². The maximum atomic E-state index is 13.4. The SMILES string of the molecule is CC(=O)Nc1ccc(NC(=O)CCc2ccccc2F)cc1. The zero-order chi connectivity index (χ0) is 15.9. The van der Waals surface area contributed by atoms with Crippen molar-refractivity contribution in [2.24, 2.45) is 0 Å². The van der Waals surface area contributed by atoms with Crippen LogP contribution in [0, 0.1) is 5.82 Å². The molecule has 0 aliphatic rings. The van der Waals surface area contributed by atoms with Crippen LogP contribution < -0.4 is 10.6 Å². The van der Waals surface area contributed by atoms with Gasteiger partial charge in [-0.3, -0.25) is 9.59 Å². The van der Waals surface area contributed by atoms with E-state index in [0.29, 0.717) is 23.4 Å². The molecule has 0 aromatic heterocycles. The van der Waals surface area contributed by atoms with Gasteiger partial charge in [0.05, 0.1) is 0 Å². The number of nitrogens with one attached hydrogen (secondary N) is 2. The second kappa shape index (κ2) is 7.36. The first-order chi connectivity index (χ1) is 10.5. The molecule has 2 amide bonds. The van der Waals surface area contributed by atoms with Crippen molar-refractivity contribution in [3.8, 4) is 0 Å². The highest BCUT2D eigenvalue weighted by Gasteiger charge is 2.06. The summed E-state index contributed by atoms with van der Waals surface area (Å²) in [6.07, 6.45) is 0.552. The van der Waals surface area contributed by atoms with Crippen LogP contribution in [0.15, 0.2) is 48.5 Å². The minimum Gasteiger partial charge on any atom is -0.326 e. The van der Waals surface area contributed by atoms with Gasteiger partial charge in [0.15, 0.2) is 0 Å². The Bertz CT molecular complexity index is 669. The Balaban J connectivity index is 1.87. The predicted molar refractivity (Wildman–Crippen MR) is 84.1 cm³/mol. The molecular weight excluding hydrogens is 283 g/mol. The highest BCUT2D eigenvalue weighted by molar-refractivity contribution is 5.92. The van der Waals surface area contributed by atoms with E-state index in [-0.39, 0.29) is 24.1 Å². The van der Waals surface area contributed by atoms with Crippen LogP contribution in [0.25, 0.3) is 0 Å². The van der Waals surface area contributed by atoms with Gasteiger partial charge in [-0.2, -0.15) is 0 Å². The summed E-state index contributed by atoms with van der Waals surface area (Å²) in [5, 5.41) is 5.38. The summed E-state index contributed by atoms with van der Waals surface area (Å²) in [5.74, 6) is -0.632. The van der Waals surface area contributed by atoms with Gasteiger partial charge in [0.2, 0.25) is 11.8 Å². The van der Waals surface area contributed by atoms with Crippen LogP contribution in [0.1, 0.15) is 18.9 Å². The highest BCUT2D eigenvalue weighted by atomic mass is 19.1. The van der Waals surface area contributed by atoms with Crippen LogP contribution in [-0.4, -0.2) is 11.8 Å². The first kappa shape index (κ1) is 15.7. The molecule has 2 aromatic carbocycles.